The Hall–Kier alpha value is -1.93. The summed E-state index contributed by atoms with van der Waals surface area (Å²) in [7, 11) is -1.66. The number of hydroxylamine groups is 2. The monoisotopic (exact) mass is 388 g/mol. The molecule has 1 saturated carbocycles. The largest absolute Gasteiger partial charge is 0.489 e. The number of sulfonamides is 1. The van der Waals surface area contributed by atoms with Gasteiger partial charge in [-0.15, -0.1) is 0 Å². The van der Waals surface area contributed by atoms with Gasteiger partial charge in [-0.25, -0.2) is 13.1 Å². The minimum absolute atomic E-state index is 0.0929. The van der Waals surface area contributed by atoms with Crippen molar-refractivity contribution >= 4 is 10.0 Å². The van der Waals surface area contributed by atoms with Crippen molar-refractivity contribution in [3.63, 3.8) is 0 Å². The van der Waals surface area contributed by atoms with Crippen LogP contribution >= 0.6 is 0 Å². The summed E-state index contributed by atoms with van der Waals surface area (Å²) < 4.78 is 34.0. The molecule has 2 aromatic rings. The number of ether oxygens (including phenoxy) is 1. The van der Waals surface area contributed by atoms with E-state index in [1.807, 2.05) is 54.6 Å². The Kier molecular flexibility index (Phi) is 5.19. The van der Waals surface area contributed by atoms with Gasteiger partial charge in [-0.05, 0) is 36.1 Å². The number of benzene rings is 2. The average molecular weight is 388 g/mol. The fourth-order valence-electron chi connectivity index (χ4n) is 3.30. The number of rotatable bonds is 7. The molecule has 2 aliphatic rings. The molecule has 4 rings (SSSR count). The van der Waals surface area contributed by atoms with Crippen molar-refractivity contribution in [3.05, 3.63) is 65.7 Å². The molecule has 1 heterocycles. The summed E-state index contributed by atoms with van der Waals surface area (Å²) in [5.41, 5.74) is 2.00. The van der Waals surface area contributed by atoms with Crippen molar-refractivity contribution in [3.8, 4) is 5.75 Å². The topological polar surface area (TPSA) is 67.9 Å². The lowest BCUT2D eigenvalue weighted by Crippen LogP contribution is -2.40. The van der Waals surface area contributed by atoms with E-state index in [9.17, 15) is 8.42 Å². The number of hydrogen-bond donors (Lipinski definition) is 1. The van der Waals surface area contributed by atoms with Crippen LogP contribution in [0.15, 0.2) is 54.6 Å². The van der Waals surface area contributed by atoms with Crippen LogP contribution in [0, 0.1) is 0 Å². The zero-order valence-corrected chi connectivity index (χ0v) is 16.1. The second-order valence-corrected chi connectivity index (χ2v) is 9.04. The summed E-state index contributed by atoms with van der Waals surface area (Å²) in [6.07, 6.45) is 1.83. The van der Waals surface area contributed by atoms with Crippen LogP contribution < -0.4 is 9.46 Å². The van der Waals surface area contributed by atoms with Crippen LogP contribution in [0.25, 0.3) is 0 Å². The normalized spacial score (nSPS) is 23.4. The fraction of sp³-hybridized carbons (Fsp3) is 0.400. The second kappa shape index (κ2) is 7.59. The predicted molar refractivity (Wildman–Crippen MR) is 103 cm³/mol. The molecule has 1 aliphatic carbocycles. The highest BCUT2D eigenvalue weighted by atomic mass is 32.2. The molecule has 0 radical (unpaired) electrons. The van der Waals surface area contributed by atoms with Gasteiger partial charge >= 0.3 is 0 Å². The highest BCUT2D eigenvalue weighted by Gasteiger charge is 2.44. The Labute approximate surface area is 160 Å². The minimum Gasteiger partial charge on any atom is -0.489 e. The van der Waals surface area contributed by atoms with Crippen LogP contribution in [0.5, 0.6) is 5.75 Å². The van der Waals surface area contributed by atoms with Gasteiger partial charge in [-0.2, -0.15) is 5.06 Å². The molecule has 0 bridgehead atoms. The standard InChI is InChI=1S/C20H24N2O4S/c1-22-20(19(14-26-22)27(23,24)21-17-9-10-17)16-7-11-18(12-8-16)25-13-15-5-3-2-4-6-15/h2-8,11-12,17,19-21H,9-10,13-14H2,1H3/t19-,20+/m0/s1. The van der Waals surface area contributed by atoms with Crippen molar-refractivity contribution in [1.82, 2.24) is 9.79 Å². The van der Waals surface area contributed by atoms with Gasteiger partial charge in [-0.3, -0.25) is 4.84 Å². The average Bonchev–Trinajstić information content (AvgIpc) is 3.38. The summed E-state index contributed by atoms with van der Waals surface area (Å²) in [6, 6.07) is 17.3. The number of nitrogens with one attached hydrogen (secondary N) is 1. The van der Waals surface area contributed by atoms with Gasteiger partial charge in [0, 0.05) is 13.1 Å². The first-order valence-corrected chi connectivity index (χ1v) is 10.7. The first-order chi connectivity index (χ1) is 13.0. The smallest absolute Gasteiger partial charge is 0.219 e. The molecule has 0 amide bonds. The molecule has 27 heavy (non-hydrogen) atoms. The molecule has 2 fully saturated rings. The molecule has 0 unspecified atom stereocenters. The molecule has 1 N–H and O–H groups in total. The van der Waals surface area contributed by atoms with Crippen LogP contribution in [-0.2, 0) is 21.5 Å². The van der Waals surface area contributed by atoms with E-state index in [-0.39, 0.29) is 18.7 Å². The number of hydrogen-bond acceptors (Lipinski definition) is 5. The first-order valence-electron chi connectivity index (χ1n) is 9.16. The summed E-state index contributed by atoms with van der Waals surface area (Å²) in [5, 5.41) is 1.01. The molecule has 0 spiro atoms. The van der Waals surface area contributed by atoms with E-state index in [4.69, 9.17) is 9.57 Å². The van der Waals surface area contributed by atoms with Gasteiger partial charge in [0.25, 0.3) is 0 Å². The predicted octanol–water partition coefficient (Wildman–Crippen LogP) is 2.63. The lowest BCUT2D eigenvalue weighted by Gasteiger charge is -2.23. The molecule has 1 aliphatic heterocycles. The van der Waals surface area contributed by atoms with Gasteiger partial charge in [0.15, 0.2) is 0 Å². The molecule has 144 valence electrons. The second-order valence-electron chi connectivity index (χ2n) is 7.11. The Morgan fingerprint density at radius 3 is 2.48 bits per heavy atom. The van der Waals surface area contributed by atoms with Crippen LogP contribution in [0.1, 0.15) is 30.0 Å². The van der Waals surface area contributed by atoms with Gasteiger partial charge < -0.3 is 4.74 Å². The van der Waals surface area contributed by atoms with Gasteiger partial charge in [0.2, 0.25) is 10.0 Å². The molecule has 2 aromatic carbocycles. The maximum absolute atomic E-state index is 12.7. The summed E-state index contributed by atoms with van der Waals surface area (Å²) in [6.45, 7) is 0.657. The molecule has 6 nitrogen and oxygen atoms in total. The molecule has 0 aromatic heterocycles. The zero-order chi connectivity index (χ0) is 18.9. The van der Waals surface area contributed by atoms with E-state index in [2.05, 4.69) is 4.72 Å². The highest BCUT2D eigenvalue weighted by Crippen LogP contribution is 2.35. The van der Waals surface area contributed by atoms with E-state index in [0.29, 0.717) is 6.61 Å². The van der Waals surface area contributed by atoms with Crippen molar-refractivity contribution in [2.24, 2.45) is 0 Å². The Bertz CT molecular complexity index is 867. The van der Waals surface area contributed by atoms with Crippen molar-refractivity contribution < 1.29 is 18.0 Å². The third-order valence-electron chi connectivity index (χ3n) is 4.96. The van der Waals surface area contributed by atoms with E-state index < -0.39 is 15.3 Å². The van der Waals surface area contributed by atoms with Crippen molar-refractivity contribution in [1.29, 1.82) is 0 Å². The molecule has 7 heteroatoms. The first kappa shape index (κ1) is 18.4. The van der Waals surface area contributed by atoms with Crippen molar-refractivity contribution in [2.75, 3.05) is 13.7 Å². The summed E-state index contributed by atoms with van der Waals surface area (Å²) >= 11 is 0. The fourth-order valence-corrected chi connectivity index (χ4v) is 5.09. The number of nitrogens with zero attached hydrogens (tertiary/aromatic N) is 1. The summed E-state index contributed by atoms with van der Waals surface area (Å²) in [5.74, 6) is 0.750. The van der Waals surface area contributed by atoms with E-state index in [0.717, 1.165) is 29.7 Å². The minimum atomic E-state index is -3.43. The molecular weight excluding hydrogens is 364 g/mol. The van der Waals surface area contributed by atoms with Crippen molar-refractivity contribution in [2.45, 2.75) is 36.8 Å². The van der Waals surface area contributed by atoms with Gasteiger partial charge in [-0.1, -0.05) is 42.5 Å². The van der Waals surface area contributed by atoms with Crippen LogP contribution in [0.3, 0.4) is 0 Å². The lowest BCUT2D eigenvalue weighted by molar-refractivity contribution is -0.110. The van der Waals surface area contributed by atoms with Crippen LogP contribution in [0.4, 0.5) is 0 Å². The van der Waals surface area contributed by atoms with E-state index in [1.54, 1.807) is 12.1 Å². The Balaban J connectivity index is 1.46. The Morgan fingerprint density at radius 1 is 1.11 bits per heavy atom. The lowest BCUT2D eigenvalue weighted by atomic mass is 10.0. The summed E-state index contributed by atoms with van der Waals surface area (Å²) in [4.78, 5) is 5.54. The van der Waals surface area contributed by atoms with Gasteiger partial charge in [0.05, 0.1) is 12.6 Å². The van der Waals surface area contributed by atoms with Crippen LogP contribution in [0.2, 0.25) is 0 Å². The zero-order valence-electron chi connectivity index (χ0n) is 15.2. The Morgan fingerprint density at radius 2 is 1.81 bits per heavy atom. The van der Waals surface area contributed by atoms with Gasteiger partial charge in [0.1, 0.15) is 17.6 Å². The van der Waals surface area contributed by atoms with E-state index in [1.165, 1.54) is 0 Å². The molecule has 1 saturated heterocycles. The quantitative estimate of drug-likeness (QED) is 0.790. The maximum Gasteiger partial charge on any atom is 0.219 e. The maximum atomic E-state index is 12.7. The SMILES string of the molecule is CN1OC[C@H](S(=O)(=O)NC2CC2)[C@H]1c1ccc(OCc2ccccc2)cc1. The van der Waals surface area contributed by atoms with Crippen LogP contribution in [-0.4, -0.2) is 38.4 Å². The molecular formula is C20H24N2O4S. The van der Waals surface area contributed by atoms with E-state index >= 15 is 0 Å². The highest BCUT2D eigenvalue weighted by molar-refractivity contribution is 7.90. The molecule has 2 atom stereocenters. The third kappa shape index (κ3) is 4.32. The third-order valence-corrected chi connectivity index (χ3v) is 6.82.